The molecule has 0 saturated heterocycles. The van der Waals surface area contributed by atoms with Gasteiger partial charge in [0.05, 0.1) is 24.0 Å². The monoisotopic (exact) mass is 410 g/mol. The van der Waals surface area contributed by atoms with E-state index in [1.807, 2.05) is 24.3 Å². The van der Waals surface area contributed by atoms with Crippen molar-refractivity contribution in [3.8, 4) is 22.9 Å². The highest BCUT2D eigenvalue weighted by Gasteiger charge is 2.18. The SMILES string of the molecule is COc1ccc(-c2nc(COC(=O)c3cnnn3-c3ccccc3Cl)co2)cc1. The van der Waals surface area contributed by atoms with Crippen LogP contribution in [0.4, 0.5) is 0 Å². The predicted molar refractivity (Wildman–Crippen MR) is 104 cm³/mol. The molecule has 2 aromatic carbocycles. The van der Waals surface area contributed by atoms with Crippen molar-refractivity contribution in [1.29, 1.82) is 0 Å². The third kappa shape index (κ3) is 3.97. The second-order valence-electron chi connectivity index (χ2n) is 5.93. The van der Waals surface area contributed by atoms with Crippen LogP contribution >= 0.6 is 11.6 Å². The van der Waals surface area contributed by atoms with Crippen molar-refractivity contribution in [2.75, 3.05) is 7.11 Å². The Bertz CT molecular complexity index is 1140. The Kier molecular flexibility index (Phi) is 5.26. The van der Waals surface area contributed by atoms with Crippen LogP contribution in [0.5, 0.6) is 5.75 Å². The Hall–Kier alpha value is -3.65. The number of nitrogens with zero attached hydrogens (tertiary/aromatic N) is 4. The molecule has 0 fully saturated rings. The first-order valence-electron chi connectivity index (χ1n) is 8.57. The average Bonchev–Trinajstić information content (AvgIpc) is 3.42. The van der Waals surface area contributed by atoms with Crippen LogP contribution in [0, 0.1) is 0 Å². The van der Waals surface area contributed by atoms with E-state index in [-0.39, 0.29) is 12.3 Å². The molecule has 0 N–H and O–H groups in total. The number of rotatable bonds is 6. The van der Waals surface area contributed by atoms with Crippen molar-refractivity contribution >= 4 is 17.6 Å². The van der Waals surface area contributed by atoms with Gasteiger partial charge in [-0.05, 0) is 36.4 Å². The molecular weight excluding hydrogens is 396 g/mol. The maximum absolute atomic E-state index is 12.5. The summed E-state index contributed by atoms with van der Waals surface area (Å²) >= 11 is 6.17. The quantitative estimate of drug-likeness (QED) is 0.444. The fourth-order valence-corrected chi connectivity index (χ4v) is 2.84. The van der Waals surface area contributed by atoms with Gasteiger partial charge in [0.1, 0.15) is 24.3 Å². The number of para-hydroxylation sites is 1. The zero-order valence-corrected chi connectivity index (χ0v) is 16.0. The molecule has 0 amide bonds. The standard InChI is InChI=1S/C20H15ClN4O4/c1-27-15-8-6-13(7-9-15)19-23-14(11-28-19)12-29-20(26)18-10-22-24-25(18)17-5-3-2-4-16(17)21/h2-11H,12H2,1H3. The van der Waals surface area contributed by atoms with E-state index in [0.29, 0.717) is 22.3 Å². The second-order valence-corrected chi connectivity index (χ2v) is 6.34. The number of esters is 1. The minimum atomic E-state index is -0.607. The Balaban J connectivity index is 1.45. The summed E-state index contributed by atoms with van der Waals surface area (Å²) in [6.45, 7) is -0.0633. The molecule has 4 aromatic rings. The molecule has 146 valence electrons. The number of carbonyl (C=O) groups excluding carboxylic acids is 1. The number of carbonyl (C=O) groups is 1. The summed E-state index contributed by atoms with van der Waals surface area (Å²) in [4.78, 5) is 16.8. The van der Waals surface area contributed by atoms with Crippen molar-refractivity contribution in [2.24, 2.45) is 0 Å². The van der Waals surface area contributed by atoms with Gasteiger partial charge in [0.15, 0.2) is 5.69 Å². The summed E-state index contributed by atoms with van der Waals surface area (Å²) in [6.07, 6.45) is 2.76. The van der Waals surface area contributed by atoms with Gasteiger partial charge in [-0.15, -0.1) is 5.10 Å². The molecule has 0 aliphatic carbocycles. The Morgan fingerprint density at radius 1 is 1.17 bits per heavy atom. The summed E-state index contributed by atoms with van der Waals surface area (Å²) < 4.78 is 17.3. The van der Waals surface area contributed by atoms with Crippen LogP contribution in [-0.2, 0) is 11.3 Å². The number of oxazole rings is 1. The number of hydrogen-bond donors (Lipinski definition) is 0. The number of hydrogen-bond acceptors (Lipinski definition) is 7. The van der Waals surface area contributed by atoms with Crippen molar-refractivity contribution < 1.29 is 18.7 Å². The van der Waals surface area contributed by atoms with Gasteiger partial charge in [0.2, 0.25) is 5.89 Å². The van der Waals surface area contributed by atoms with E-state index in [1.54, 1.807) is 31.4 Å². The highest BCUT2D eigenvalue weighted by atomic mass is 35.5. The molecule has 0 saturated carbocycles. The van der Waals surface area contributed by atoms with Crippen LogP contribution in [-0.4, -0.2) is 33.1 Å². The minimum absolute atomic E-state index is 0.0633. The summed E-state index contributed by atoms with van der Waals surface area (Å²) in [5, 5.41) is 8.14. The highest BCUT2D eigenvalue weighted by molar-refractivity contribution is 6.32. The Morgan fingerprint density at radius 2 is 1.97 bits per heavy atom. The van der Waals surface area contributed by atoms with E-state index < -0.39 is 5.97 Å². The van der Waals surface area contributed by atoms with Crippen LogP contribution in [0.2, 0.25) is 5.02 Å². The molecule has 0 radical (unpaired) electrons. The smallest absolute Gasteiger partial charge is 0.359 e. The lowest BCUT2D eigenvalue weighted by Gasteiger charge is -2.07. The third-order valence-electron chi connectivity index (χ3n) is 4.08. The molecule has 0 aliphatic rings. The number of ether oxygens (including phenoxy) is 2. The van der Waals surface area contributed by atoms with Crippen LogP contribution in [0.15, 0.2) is 65.4 Å². The van der Waals surface area contributed by atoms with Gasteiger partial charge in [0, 0.05) is 5.56 Å². The molecule has 8 nitrogen and oxygen atoms in total. The highest BCUT2D eigenvalue weighted by Crippen LogP contribution is 2.23. The molecule has 2 heterocycles. The third-order valence-corrected chi connectivity index (χ3v) is 4.40. The lowest BCUT2D eigenvalue weighted by Crippen LogP contribution is -2.12. The molecule has 0 spiro atoms. The van der Waals surface area contributed by atoms with E-state index in [0.717, 1.165) is 11.3 Å². The van der Waals surface area contributed by atoms with Crippen molar-refractivity contribution in [2.45, 2.75) is 6.61 Å². The molecule has 0 bridgehead atoms. The second kappa shape index (κ2) is 8.15. The van der Waals surface area contributed by atoms with E-state index in [2.05, 4.69) is 15.3 Å². The first-order chi connectivity index (χ1) is 14.2. The number of halogens is 1. The molecule has 0 atom stereocenters. The molecule has 2 aromatic heterocycles. The fraction of sp³-hybridized carbons (Fsp3) is 0.100. The summed E-state index contributed by atoms with van der Waals surface area (Å²) in [7, 11) is 1.60. The summed E-state index contributed by atoms with van der Waals surface area (Å²) in [5.41, 5.74) is 1.93. The first kappa shape index (κ1) is 18.7. The van der Waals surface area contributed by atoms with Crippen LogP contribution < -0.4 is 4.74 Å². The van der Waals surface area contributed by atoms with E-state index >= 15 is 0 Å². The molecular formula is C20H15ClN4O4. The van der Waals surface area contributed by atoms with Gasteiger partial charge in [-0.2, -0.15) is 0 Å². The molecule has 0 unspecified atom stereocenters. The molecule has 0 aliphatic heterocycles. The van der Waals surface area contributed by atoms with Crippen molar-refractivity contribution in [3.05, 3.63) is 77.4 Å². The van der Waals surface area contributed by atoms with E-state index in [9.17, 15) is 4.79 Å². The zero-order chi connectivity index (χ0) is 20.2. The summed E-state index contributed by atoms with van der Waals surface area (Å²) in [5.74, 6) is 0.545. The van der Waals surface area contributed by atoms with Crippen molar-refractivity contribution in [3.63, 3.8) is 0 Å². The zero-order valence-electron chi connectivity index (χ0n) is 15.3. The molecule has 29 heavy (non-hydrogen) atoms. The van der Waals surface area contributed by atoms with Gasteiger partial charge in [-0.3, -0.25) is 0 Å². The van der Waals surface area contributed by atoms with Crippen molar-refractivity contribution in [1.82, 2.24) is 20.0 Å². The van der Waals surface area contributed by atoms with E-state index in [4.69, 9.17) is 25.5 Å². The molecule has 4 rings (SSSR count). The Morgan fingerprint density at radius 3 is 2.72 bits per heavy atom. The van der Waals surface area contributed by atoms with Gasteiger partial charge >= 0.3 is 5.97 Å². The minimum Gasteiger partial charge on any atom is -0.497 e. The lowest BCUT2D eigenvalue weighted by atomic mass is 10.2. The first-order valence-corrected chi connectivity index (χ1v) is 8.95. The van der Waals surface area contributed by atoms with Gasteiger partial charge in [-0.25, -0.2) is 14.5 Å². The van der Waals surface area contributed by atoms with Gasteiger partial charge in [0.25, 0.3) is 0 Å². The van der Waals surface area contributed by atoms with E-state index in [1.165, 1.54) is 17.1 Å². The normalized spacial score (nSPS) is 10.7. The number of aromatic nitrogens is 4. The Labute approximate surface area is 170 Å². The predicted octanol–water partition coefficient (Wildman–Crippen LogP) is 3.94. The average molecular weight is 411 g/mol. The maximum Gasteiger partial charge on any atom is 0.359 e. The summed E-state index contributed by atoms with van der Waals surface area (Å²) in [6, 6.07) is 14.3. The van der Waals surface area contributed by atoms with Gasteiger partial charge in [-0.1, -0.05) is 28.9 Å². The molecule has 9 heteroatoms. The van der Waals surface area contributed by atoms with Gasteiger partial charge < -0.3 is 13.9 Å². The van der Waals surface area contributed by atoms with Crippen LogP contribution in [0.1, 0.15) is 16.2 Å². The topological polar surface area (TPSA) is 92.3 Å². The number of methoxy groups -OCH3 is 1. The van der Waals surface area contributed by atoms with Crippen LogP contribution in [0.25, 0.3) is 17.1 Å². The number of benzene rings is 2. The fourth-order valence-electron chi connectivity index (χ4n) is 2.63. The lowest BCUT2D eigenvalue weighted by molar-refractivity contribution is 0.0457. The van der Waals surface area contributed by atoms with Crippen LogP contribution in [0.3, 0.4) is 0 Å². The largest absolute Gasteiger partial charge is 0.497 e. The maximum atomic E-state index is 12.5.